The molecule has 32 heavy (non-hydrogen) atoms. The van der Waals surface area contributed by atoms with Crippen LogP contribution in [-0.4, -0.2) is 30.6 Å². The highest BCUT2D eigenvalue weighted by Crippen LogP contribution is 2.63. The second-order valence-corrected chi connectivity index (χ2v) is 8.75. The minimum Gasteiger partial charge on any atom is -0.458 e. The Hall–Kier alpha value is -3.61. The minimum atomic E-state index is -0.468. The molecule has 1 aliphatic heterocycles. The van der Waals surface area contributed by atoms with Crippen molar-refractivity contribution in [2.75, 3.05) is 19.2 Å². The van der Waals surface area contributed by atoms with Crippen LogP contribution in [0, 0.1) is 10.8 Å². The maximum atomic E-state index is 13.3. The third-order valence-electron chi connectivity index (χ3n) is 6.84. The molecule has 1 atom stereocenters. The van der Waals surface area contributed by atoms with Gasteiger partial charge in [-0.2, -0.15) is 0 Å². The molecule has 1 saturated carbocycles. The Morgan fingerprint density at radius 1 is 1.03 bits per heavy atom. The molecule has 164 valence electrons. The van der Waals surface area contributed by atoms with Gasteiger partial charge in [0, 0.05) is 36.2 Å². The van der Waals surface area contributed by atoms with Crippen molar-refractivity contribution in [3.63, 3.8) is 0 Å². The summed E-state index contributed by atoms with van der Waals surface area (Å²) in [6.07, 6.45) is 8.07. The highest BCUT2D eigenvalue weighted by atomic mass is 16.7. The summed E-state index contributed by atoms with van der Waals surface area (Å²) in [5.41, 5.74) is 1.67. The van der Waals surface area contributed by atoms with Gasteiger partial charge in [0.05, 0.1) is 5.41 Å². The number of benzene rings is 1. The summed E-state index contributed by atoms with van der Waals surface area (Å²) in [6.45, 7) is 2.36. The number of ether oxygens (including phenoxy) is 2. The Balaban J connectivity index is 1.28. The molecule has 5 rings (SSSR count). The smallest absolute Gasteiger partial charge is 0.251 e. The van der Waals surface area contributed by atoms with Crippen LogP contribution in [0.15, 0.2) is 66.3 Å². The van der Waals surface area contributed by atoms with Crippen LogP contribution in [-0.2, 0) is 14.3 Å². The SMILES string of the molecule is CNC(=O)c1ccc(-c2ccc(NC(=O)C3(C4(C)C=CC5=C(C4)OCO5)CC3)nc2)cc1. The van der Waals surface area contributed by atoms with E-state index in [0.717, 1.165) is 35.5 Å². The van der Waals surface area contributed by atoms with Crippen LogP contribution < -0.4 is 10.6 Å². The zero-order chi connectivity index (χ0) is 22.3. The first-order valence-corrected chi connectivity index (χ1v) is 10.7. The average molecular weight is 431 g/mol. The van der Waals surface area contributed by atoms with Gasteiger partial charge in [0.15, 0.2) is 5.76 Å². The summed E-state index contributed by atoms with van der Waals surface area (Å²) in [7, 11) is 1.61. The molecule has 2 amide bonds. The lowest BCUT2D eigenvalue weighted by Gasteiger charge is -2.36. The number of nitrogens with one attached hydrogen (secondary N) is 2. The minimum absolute atomic E-state index is 0.0113. The molecule has 2 N–H and O–H groups in total. The summed E-state index contributed by atoms with van der Waals surface area (Å²) in [6, 6.07) is 11.0. The summed E-state index contributed by atoms with van der Waals surface area (Å²) in [4.78, 5) is 29.4. The number of amides is 2. The molecule has 2 aromatic rings. The van der Waals surface area contributed by atoms with Gasteiger partial charge in [-0.05, 0) is 48.7 Å². The molecule has 0 bridgehead atoms. The van der Waals surface area contributed by atoms with Gasteiger partial charge in [0.1, 0.15) is 11.6 Å². The molecule has 1 aromatic carbocycles. The second-order valence-electron chi connectivity index (χ2n) is 8.75. The van der Waals surface area contributed by atoms with E-state index in [0.29, 0.717) is 17.8 Å². The van der Waals surface area contributed by atoms with Crippen molar-refractivity contribution in [2.45, 2.75) is 26.2 Å². The van der Waals surface area contributed by atoms with Crippen LogP contribution in [0.2, 0.25) is 0 Å². The first kappa shape index (κ1) is 20.3. The van der Waals surface area contributed by atoms with Gasteiger partial charge >= 0.3 is 0 Å². The summed E-state index contributed by atoms with van der Waals surface area (Å²) in [5, 5.41) is 5.62. The number of pyridine rings is 1. The summed E-state index contributed by atoms with van der Waals surface area (Å²) < 4.78 is 11.0. The van der Waals surface area contributed by atoms with E-state index in [-0.39, 0.29) is 24.0 Å². The lowest BCUT2D eigenvalue weighted by molar-refractivity contribution is -0.124. The lowest BCUT2D eigenvalue weighted by atomic mass is 9.68. The maximum absolute atomic E-state index is 13.3. The molecule has 1 unspecified atom stereocenters. The van der Waals surface area contributed by atoms with Gasteiger partial charge in [-0.3, -0.25) is 9.59 Å². The van der Waals surface area contributed by atoms with Gasteiger partial charge in [-0.15, -0.1) is 0 Å². The summed E-state index contributed by atoms with van der Waals surface area (Å²) in [5.74, 6) is 2.00. The predicted octanol–water partition coefficient (Wildman–Crippen LogP) is 4.01. The molecule has 7 heteroatoms. The fraction of sp³-hybridized carbons (Fsp3) is 0.320. The molecule has 1 fully saturated rings. The van der Waals surface area contributed by atoms with Crippen LogP contribution in [0.4, 0.5) is 5.82 Å². The number of carbonyl (C=O) groups is 2. The van der Waals surface area contributed by atoms with Crippen LogP contribution in [0.1, 0.15) is 36.5 Å². The molecule has 0 spiro atoms. The molecule has 1 aromatic heterocycles. The first-order valence-electron chi connectivity index (χ1n) is 10.7. The molecular formula is C25H25N3O4. The number of nitrogens with zero attached hydrogens (tertiary/aromatic N) is 1. The Labute approximate surface area is 186 Å². The van der Waals surface area contributed by atoms with E-state index in [4.69, 9.17) is 9.47 Å². The van der Waals surface area contributed by atoms with E-state index >= 15 is 0 Å². The predicted molar refractivity (Wildman–Crippen MR) is 119 cm³/mol. The monoisotopic (exact) mass is 431 g/mol. The van der Waals surface area contributed by atoms with Gasteiger partial charge in [0.2, 0.25) is 12.7 Å². The normalized spacial score (nSPS) is 22.4. The van der Waals surface area contributed by atoms with Gasteiger partial charge in [-0.25, -0.2) is 4.98 Å². The van der Waals surface area contributed by atoms with Crippen molar-refractivity contribution in [3.8, 4) is 11.1 Å². The second kappa shape index (κ2) is 7.51. The number of aromatic nitrogens is 1. The van der Waals surface area contributed by atoms with Gasteiger partial charge < -0.3 is 20.1 Å². The highest BCUT2D eigenvalue weighted by Gasteiger charge is 2.62. The topological polar surface area (TPSA) is 89.6 Å². The third-order valence-corrected chi connectivity index (χ3v) is 6.84. The Kier molecular flexibility index (Phi) is 4.77. The quantitative estimate of drug-likeness (QED) is 0.747. The molecule has 2 heterocycles. The number of anilines is 1. The standard InChI is InChI=1S/C25H25N3O4/c1-24(10-9-19-20(13-24)32-15-31-19)25(11-12-25)23(30)28-21-8-7-18(14-27-21)16-3-5-17(6-4-16)22(29)26-2/h3-10,14H,11-13,15H2,1-2H3,(H,26,29)(H,27,28,30). The third kappa shape index (κ3) is 3.34. The lowest BCUT2D eigenvalue weighted by Crippen LogP contribution is -2.39. The largest absolute Gasteiger partial charge is 0.458 e. The van der Waals surface area contributed by atoms with Crippen LogP contribution >= 0.6 is 0 Å². The number of carbonyl (C=O) groups excluding carboxylic acids is 2. The Morgan fingerprint density at radius 3 is 2.44 bits per heavy atom. The zero-order valence-electron chi connectivity index (χ0n) is 18.1. The number of rotatable bonds is 5. The van der Waals surface area contributed by atoms with E-state index in [2.05, 4.69) is 28.6 Å². The van der Waals surface area contributed by atoms with E-state index < -0.39 is 5.41 Å². The van der Waals surface area contributed by atoms with E-state index in [1.54, 1.807) is 25.4 Å². The number of allylic oxidation sites excluding steroid dienone is 3. The van der Waals surface area contributed by atoms with Crippen molar-refractivity contribution < 1.29 is 19.1 Å². The molecule has 3 aliphatic rings. The van der Waals surface area contributed by atoms with Crippen LogP contribution in [0.3, 0.4) is 0 Å². The number of hydrogen-bond acceptors (Lipinski definition) is 5. The molecule has 7 nitrogen and oxygen atoms in total. The van der Waals surface area contributed by atoms with Crippen LogP contribution in [0.25, 0.3) is 11.1 Å². The van der Waals surface area contributed by atoms with E-state index in [9.17, 15) is 9.59 Å². The summed E-state index contributed by atoms with van der Waals surface area (Å²) >= 11 is 0. The zero-order valence-corrected chi connectivity index (χ0v) is 18.1. The van der Waals surface area contributed by atoms with Gasteiger partial charge in [-0.1, -0.05) is 25.1 Å². The van der Waals surface area contributed by atoms with E-state index in [1.165, 1.54) is 0 Å². The molecule has 2 aliphatic carbocycles. The molecule has 0 saturated heterocycles. The molecular weight excluding hydrogens is 406 g/mol. The fourth-order valence-electron chi connectivity index (χ4n) is 4.59. The fourth-order valence-corrected chi connectivity index (χ4v) is 4.59. The maximum Gasteiger partial charge on any atom is 0.251 e. The van der Waals surface area contributed by atoms with Crippen molar-refractivity contribution in [2.24, 2.45) is 10.8 Å². The molecule has 0 radical (unpaired) electrons. The van der Waals surface area contributed by atoms with Crippen LogP contribution in [0.5, 0.6) is 0 Å². The van der Waals surface area contributed by atoms with Crippen molar-refractivity contribution in [3.05, 3.63) is 71.8 Å². The van der Waals surface area contributed by atoms with Crippen molar-refractivity contribution >= 4 is 17.6 Å². The van der Waals surface area contributed by atoms with Crippen molar-refractivity contribution in [1.82, 2.24) is 10.3 Å². The highest BCUT2D eigenvalue weighted by molar-refractivity contribution is 5.97. The Morgan fingerprint density at radius 2 is 1.78 bits per heavy atom. The average Bonchev–Trinajstić information content (AvgIpc) is 3.53. The van der Waals surface area contributed by atoms with Crippen molar-refractivity contribution in [1.29, 1.82) is 0 Å². The number of hydrogen-bond donors (Lipinski definition) is 2. The first-order chi connectivity index (χ1) is 15.4. The Bertz CT molecular complexity index is 1130. The van der Waals surface area contributed by atoms with Gasteiger partial charge in [0.25, 0.3) is 5.91 Å². The van der Waals surface area contributed by atoms with E-state index in [1.807, 2.05) is 30.3 Å².